The zero-order chi connectivity index (χ0) is 23.5. The van der Waals surface area contributed by atoms with Gasteiger partial charge in [0, 0.05) is 17.0 Å². The number of anilines is 1. The molecular weight excluding hydrogens is 486 g/mol. The normalized spacial score (nSPS) is 14.1. The lowest BCUT2D eigenvalue weighted by Gasteiger charge is -2.11. The number of nitrogens with zero attached hydrogens (tertiary/aromatic N) is 2. The Labute approximate surface area is 208 Å². The van der Waals surface area contributed by atoms with Crippen molar-refractivity contribution in [1.82, 2.24) is 0 Å². The van der Waals surface area contributed by atoms with Crippen molar-refractivity contribution in [2.75, 3.05) is 5.32 Å². The SMILES string of the molecule is Cc1ccc(Oc2ccc3c(c2)N=C(c2ccc(C)cc2)CC(=Nc2ccccc2Br)N3)cc1. The average molecular weight is 510 g/mol. The fourth-order valence-corrected chi connectivity index (χ4v) is 4.10. The van der Waals surface area contributed by atoms with E-state index in [1.165, 1.54) is 11.1 Å². The van der Waals surface area contributed by atoms with Gasteiger partial charge in [-0.05, 0) is 71.7 Å². The summed E-state index contributed by atoms with van der Waals surface area (Å²) in [6.07, 6.45) is 0.577. The van der Waals surface area contributed by atoms with Gasteiger partial charge in [0.1, 0.15) is 17.3 Å². The Balaban J connectivity index is 1.55. The molecule has 0 atom stereocenters. The Kier molecular flexibility index (Phi) is 6.28. The number of hydrogen-bond donors (Lipinski definition) is 1. The van der Waals surface area contributed by atoms with Crippen molar-refractivity contribution >= 4 is 44.5 Å². The molecule has 0 saturated heterocycles. The van der Waals surface area contributed by atoms with E-state index in [1.807, 2.05) is 66.7 Å². The van der Waals surface area contributed by atoms with Gasteiger partial charge in [-0.15, -0.1) is 0 Å². The molecule has 4 aromatic rings. The Bertz CT molecular complexity index is 1390. The van der Waals surface area contributed by atoms with Crippen LogP contribution >= 0.6 is 15.9 Å². The quantitative estimate of drug-likeness (QED) is 0.299. The van der Waals surface area contributed by atoms with E-state index >= 15 is 0 Å². The molecule has 0 fully saturated rings. The Hall–Kier alpha value is -3.70. The number of ether oxygens (including phenoxy) is 1. The highest BCUT2D eigenvalue weighted by Crippen LogP contribution is 2.35. The highest BCUT2D eigenvalue weighted by atomic mass is 79.9. The molecule has 4 aromatic carbocycles. The maximum atomic E-state index is 6.10. The summed E-state index contributed by atoms with van der Waals surface area (Å²) in [4.78, 5) is 9.97. The van der Waals surface area contributed by atoms with Crippen LogP contribution in [0.4, 0.5) is 17.1 Å². The summed E-state index contributed by atoms with van der Waals surface area (Å²) in [5.41, 5.74) is 7.02. The molecule has 0 amide bonds. The third kappa shape index (κ3) is 5.10. The lowest BCUT2D eigenvalue weighted by Crippen LogP contribution is -2.15. The van der Waals surface area contributed by atoms with Crippen molar-refractivity contribution in [1.29, 1.82) is 0 Å². The maximum absolute atomic E-state index is 6.10. The van der Waals surface area contributed by atoms with Gasteiger partial charge in [-0.1, -0.05) is 59.7 Å². The molecular formula is C29H24BrN3O. The molecule has 0 radical (unpaired) electrons. The van der Waals surface area contributed by atoms with Crippen LogP contribution in [0.5, 0.6) is 11.5 Å². The summed E-state index contributed by atoms with van der Waals surface area (Å²) in [6, 6.07) is 30.3. The Morgan fingerprint density at radius 2 is 1.50 bits per heavy atom. The first-order valence-corrected chi connectivity index (χ1v) is 11.9. The molecule has 1 heterocycles. The van der Waals surface area contributed by atoms with E-state index < -0.39 is 0 Å². The van der Waals surface area contributed by atoms with Crippen molar-refractivity contribution in [2.24, 2.45) is 9.98 Å². The second-order valence-electron chi connectivity index (χ2n) is 8.33. The summed E-state index contributed by atoms with van der Waals surface area (Å²) in [5.74, 6) is 2.37. The van der Waals surface area contributed by atoms with Crippen LogP contribution in [0, 0.1) is 13.8 Å². The van der Waals surface area contributed by atoms with Crippen molar-refractivity contribution in [3.63, 3.8) is 0 Å². The van der Waals surface area contributed by atoms with Gasteiger partial charge in [0.2, 0.25) is 0 Å². The van der Waals surface area contributed by atoms with Crippen molar-refractivity contribution in [2.45, 2.75) is 20.3 Å². The highest BCUT2D eigenvalue weighted by molar-refractivity contribution is 9.10. The zero-order valence-corrected chi connectivity index (χ0v) is 20.6. The van der Waals surface area contributed by atoms with Gasteiger partial charge >= 0.3 is 0 Å². The van der Waals surface area contributed by atoms with Crippen LogP contribution in [0.1, 0.15) is 23.1 Å². The number of hydrogen-bond acceptors (Lipinski definition) is 3. The molecule has 168 valence electrons. The van der Waals surface area contributed by atoms with Crippen LogP contribution in [-0.2, 0) is 0 Å². The van der Waals surface area contributed by atoms with Gasteiger partial charge in [-0.2, -0.15) is 0 Å². The van der Waals surface area contributed by atoms with Crippen LogP contribution in [0.15, 0.2) is 105 Å². The van der Waals surface area contributed by atoms with E-state index in [2.05, 4.69) is 59.4 Å². The molecule has 5 rings (SSSR count). The van der Waals surface area contributed by atoms with E-state index in [0.717, 1.165) is 50.1 Å². The minimum atomic E-state index is 0.577. The number of benzene rings is 4. The van der Waals surface area contributed by atoms with E-state index in [4.69, 9.17) is 14.7 Å². The van der Waals surface area contributed by atoms with Crippen LogP contribution in [0.2, 0.25) is 0 Å². The maximum Gasteiger partial charge on any atom is 0.129 e. The molecule has 5 heteroatoms. The molecule has 0 spiro atoms. The fourth-order valence-electron chi connectivity index (χ4n) is 3.73. The van der Waals surface area contributed by atoms with Gasteiger partial charge in [0.25, 0.3) is 0 Å². The largest absolute Gasteiger partial charge is 0.457 e. The lowest BCUT2D eigenvalue weighted by molar-refractivity contribution is 0.483. The Morgan fingerprint density at radius 1 is 0.824 bits per heavy atom. The first-order chi connectivity index (χ1) is 16.5. The summed E-state index contributed by atoms with van der Waals surface area (Å²) in [7, 11) is 0. The van der Waals surface area contributed by atoms with Crippen LogP contribution < -0.4 is 10.1 Å². The van der Waals surface area contributed by atoms with E-state index in [-0.39, 0.29) is 0 Å². The number of amidine groups is 1. The number of rotatable bonds is 4. The van der Waals surface area contributed by atoms with Crippen molar-refractivity contribution < 1.29 is 4.74 Å². The predicted octanol–water partition coefficient (Wildman–Crippen LogP) is 8.52. The van der Waals surface area contributed by atoms with Gasteiger partial charge in [0.15, 0.2) is 0 Å². The molecule has 0 aliphatic carbocycles. The van der Waals surface area contributed by atoms with Crippen LogP contribution in [-0.4, -0.2) is 11.5 Å². The molecule has 1 aliphatic rings. The summed E-state index contributed by atoms with van der Waals surface area (Å²) in [5, 5.41) is 3.50. The molecule has 0 aromatic heterocycles. The van der Waals surface area contributed by atoms with Crippen LogP contribution in [0.25, 0.3) is 0 Å². The summed E-state index contributed by atoms with van der Waals surface area (Å²) >= 11 is 3.61. The van der Waals surface area contributed by atoms with Crippen molar-refractivity contribution in [3.05, 3.63) is 112 Å². The first kappa shape index (κ1) is 22.1. The number of halogens is 1. The number of fused-ring (bicyclic) bond motifs is 1. The third-order valence-electron chi connectivity index (χ3n) is 5.59. The number of aryl methyl sites for hydroxylation is 2. The third-order valence-corrected chi connectivity index (χ3v) is 6.26. The smallest absolute Gasteiger partial charge is 0.129 e. The first-order valence-electron chi connectivity index (χ1n) is 11.2. The van der Waals surface area contributed by atoms with Crippen molar-refractivity contribution in [3.8, 4) is 11.5 Å². The van der Waals surface area contributed by atoms with E-state index in [9.17, 15) is 0 Å². The fraction of sp³-hybridized carbons (Fsp3) is 0.103. The number of nitrogens with one attached hydrogen (secondary N) is 1. The van der Waals surface area contributed by atoms with E-state index in [1.54, 1.807) is 0 Å². The molecule has 0 bridgehead atoms. The molecule has 0 unspecified atom stereocenters. The van der Waals surface area contributed by atoms with E-state index in [0.29, 0.717) is 6.42 Å². The minimum Gasteiger partial charge on any atom is -0.457 e. The molecule has 1 aliphatic heterocycles. The second-order valence-corrected chi connectivity index (χ2v) is 9.18. The summed E-state index contributed by atoms with van der Waals surface area (Å²) < 4.78 is 7.05. The highest BCUT2D eigenvalue weighted by Gasteiger charge is 2.17. The number of aliphatic imine (C=N–C) groups is 2. The Morgan fingerprint density at radius 3 is 2.24 bits per heavy atom. The molecule has 1 N–H and O–H groups in total. The molecule has 4 nitrogen and oxygen atoms in total. The topological polar surface area (TPSA) is 46.0 Å². The van der Waals surface area contributed by atoms with Crippen LogP contribution in [0.3, 0.4) is 0 Å². The predicted molar refractivity (Wildman–Crippen MR) is 145 cm³/mol. The van der Waals surface area contributed by atoms with Gasteiger partial charge in [-0.25, -0.2) is 4.99 Å². The zero-order valence-electron chi connectivity index (χ0n) is 19.0. The monoisotopic (exact) mass is 509 g/mol. The molecule has 0 saturated carbocycles. The molecule has 34 heavy (non-hydrogen) atoms. The second kappa shape index (κ2) is 9.65. The minimum absolute atomic E-state index is 0.577. The average Bonchev–Trinajstić information content (AvgIpc) is 3.01. The standard InChI is InChI=1S/C29H24BrN3O/c1-19-7-11-21(12-8-19)27-18-29(32-25-6-4-3-5-24(25)30)33-26-16-15-23(17-28(26)31-27)34-22-13-9-20(2)10-14-22/h3-17H,18H2,1-2H3,(H,32,33). The van der Waals surface area contributed by atoms with Gasteiger partial charge in [0.05, 0.1) is 22.8 Å². The summed E-state index contributed by atoms with van der Waals surface area (Å²) in [6.45, 7) is 4.15. The number of para-hydroxylation sites is 1. The van der Waals surface area contributed by atoms with Gasteiger partial charge in [-0.3, -0.25) is 4.99 Å². The van der Waals surface area contributed by atoms with Gasteiger partial charge < -0.3 is 10.1 Å². The lowest BCUT2D eigenvalue weighted by atomic mass is 10.1.